The lowest BCUT2D eigenvalue weighted by Crippen LogP contribution is -2.47. The lowest BCUT2D eigenvalue weighted by Gasteiger charge is -2.37. The molecule has 0 spiro atoms. The van der Waals surface area contributed by atoms with Crippen LogP contribution in [0.25, 0.3) is 0 Å². The van der Waals surface area contributed by atoms with Crippen molar-refractivity contribution in [1.82, 2.24) is 9.21 Å². The summed E-state index contributed by atoms with van der Waals surface area (Å²) in [7, 11) is -3.41. The smallest absolute Gasteiger partial charge is 0.252 e. The average Bonchev–Trinajstić information content (AvgIpc) is 3.42. The molecule has 3 saturated heterocycles. The van der Waals surface area contributed by atoms with Gasteiger partial charge in [0.15, 0.2) is 6.29 Å². The normalized spacial score (nSPS) is 24.5. The van der Waals surface area contributed by atoms with Gasteiger partial charge >= 0.3 is 0 Å². The molecule has 0 radical (unpaired) electrons. The van der Waals surface area contributed by atoms with E-state index in [0.29, 0.717) is 49.3 Å². The lowest BCUT2D eigenvalue weighted by atomic mass is 9.92. The van der Waals surface area contributed by atoms with Crippen molar-refractivity contribution in [2.75, 3.05) is 39.4 Å². The fourth-order valence-electron chi connectivity index (χ4n) is 4.18. The molecule has 4 rings (SSSR count). The van der Waals surface area contributed by atoms with Crippen LogP contribution in [0.5, 0.6) is 0 Å². The Balaban J connectivity index is 1.28. The van der Waals surface area contributed by atoms with Crippen LogP contribution in [0, 0.1) is 11.8 Å². The minimum absolute atomic E-state index is 0.0738. The first-order chi connectivity index (χ1) is 13.1. The van der Waals surface area contributed by atoms with Crippen LogP contribution < -0.4 is 0 Å². The molecular weight excluding hydrogens is 388 g/mol. The van der Waals surface area contributed by atoms with Crippen molar-refractivity contribution in [3.8, 4) is 0 Å². The van der Waals surface area contributed by atoms with E-state index >= 15 is 0 Å². The molecule has 0 unspecified atom stereocenters. The van der Waals surface area contributed by atoms with Crippen LogP contribution in [0.15, 0.2) is 21.7 Å². The maximum absolute atomic E-state index is 12.9. The molecule has 27 heavy (non-hydrogen) atoms. The third-order valence-electron chi connectivity index (χ3n) is 5.78. The van der Waals surface area contributed by atoms with Crippen molar-refractivity contribution in [3.05, 3.63) is 17.5 Å². The number of piperidine rings is 2. The van der Waals surface area contributed by atoms with Crippen molar-refractivity contribution in [2.45, 2.75) is 36.2 Å². The van der Waals surface area contributed by atoms with Gasteiger partial charge < -0.3 is 14.4 Å². The van der Waals surface area contributed by atoms with Gasteiger partial charge in [-0.15, -0.1) is 11.3 Å². The molecule has 3 aliphatic heterocycles. The van der Waals surface area contributed by atoms with Gasteiger partial charge in [0.05, 0.1) is 13.2 Å². The molecule has 3 aliphatic rings. The average molecular weight is 415 g/mol. The van der Waals surface area contributed by atoms with Crippen LogP contribution >= 0.6 is 11.3 Å². The van der Waals surface area contributed by atoms with Gasteiger partial charge in [-0.3, -0.25) is 4.79 Å². The highest BCUT2D eigenvalue weighted by atomic mass is 32.2. The standard InChI is InChI=1S/C18H26N2O5S2/c21-17(19-7-3-15(4-8-19)18-24-11-12-25-18)14-5-9-20(10-6-14)27(22,23)16-2-1-13-26-16/h1-2,13-15,18H,3-12H2. The van der Waals surface area contributed by atoms with Crippen LogP contribution in [-0.2, 0) is 24.3 Å². The van der Waals surface area contributed by atoms with E-state index in [9.17, 15) is 13.2 Å². The van der Waals surface area contributed by atoms with E-state index in [1.807, 2.05) is 4.90 Å². The van der Waals surface area contributed by atoms with Gasteiger partial charge in [0.25, 0.3) is 10.0 Å². The number of sulfonamides is 1. The number of thiophene rings is 1. The number of hydrogen-bond acceptors (Lipinski definition) is 6. The first-order valence-electron chi connectivity index (χ1n) is 9.61. The summed E-state index contributed by atoms with van der Waals surface area (Å²) in [5.41, 5.74) is 0. The Morgan fingerprint density at radius 1 is 1.04 bits per heavy atom. The van der Waals surface area contributed by atoms with Crippen LogP contribution in [0.2, 0.25) is 0 Å². The molecule has 0 aliphatic carbocycles. The van der Waals surface area contributed by atoms with Crippen LogP contribution in [-0.4, -0.2) is 69.2 Å². The second-order valence-corrected chi connectivity index (χ2v) is 10.5. The van der Waals surface area contributed by atoms with E-state index in [2.05, 4.69) is 0 Å². The summed E-state index contributed by atoms with van der Waals surface area (Å²) in [6.45, 7) is 3.63. The van der Waals surface area contributed by atoms with Crippen molar-refractivity contribution in [1.29, 1.82) is 0 Å². The Labute approximate surface area is 164 Å². The second kappa shape index (κ2) is 8.16. The maximum Gasteiger partial charge on any atom is 0.252 e. The Bertz CT molecular complexity index is 730. The highest BCUT2D eigenvalue weighted by molar-refractivity contribution is 7.91. The van der Waals surface area contributed by atoms with Crippen molar-refractivity contribution in [3.63, 3.8) is 0 Å². The zero-order chi connectivity index (χ0) is 18.9. The number of likely N-dealkylation sites (tertiary alicyclic amines) is 1. The monoisotopic (exact) mass is 414 g/mol. The number of amides is 1. The summed E-state index contributed by atoms with van der Waals surface area (Å²) in [5, 5.41) is 1.77. The molecule has 0 bridgehead atoms. The summed E-state index contributed by atoms with van der Waals surface area (Å²) < 4.78 is 38.3. The Kier molecular flexibility index (Phi) is 5.84. The summed E-state index contributed by atoms with van der Waals surface area (Å²) in [5.74, 6) is 0.472. The van der Waals surface area contributed by atoms with E-state index in [-0.39, 0.29) is 18.1 Å². The number of hydrogen-bond donors (Lipinski definition) is 0. The topological polar surface area (TPSA) is 76.2 Å². The number of ether oxygens (including phenoxy) is 2. The lowest BCUT2D eigenvalue weighted by molar-refractivity contribution is -0.142. The molecule has 1 aromatic rings. The van der Waals surface area contributed by atoms with E-state index in [4.69, 9.17) is 9.47 Å². The largest absolute Gasteiger partial charge is 0.350 e. The van der Waals surface area contributed by atoms with Crippen molar-refractivity contribution in [2.24, 2.45) is 11.8 Å². The Morgan fingerprint density at radius 2 is 1.70 bits per heavy atom. The van der Waals surface area contributed by atoms with E-state index in [1.54, 1.807) is 17.5 Å². The van der Waals surface area contributed by atoms with Gasteiger partial charge in [-0.05, 0) is 37.1 Å². The highest BCUT2D eigenvalue weighted by Crippen LogP contribution is 2.30. The van der Waals surface area contributed by atoms with E-state index in [0.717, 1.165) is 25.9 Å². The Hall–Kier alpha value is -1.00. The number of carbonyl (C=O) groups is 1. The zero-order valence-electron chi connectivity index (χ0n) is 15.3. The van der Waals surface area contributed by atoms with E-state index < -0.39 is 10.0 Å². The molecule has 0 atom stereocenters. The third kappa shape index (κ3) is 4.07. The van der Waals surface area contributed by atoms with Gasteiger partial charge in [-0.1, -0.05) is 6.07 Å². The van der Waals surface area contributed by atoms with Crippen LogP contribution in [0.4, 0.5) is 0 Å². The SMILES string of the molecule is O=C(C1CCN(S(=O)(=O)c2cccs2)CC1)N1CCC(C2OCCO2)CC1. The molecule has 1 aromatic heterocycles. The van der Waals surface area contributed by atoms with Crippen LogP contribution in [0.3, 0.4) is 0 Å². The first-order valence-corrected chi connectivity index (χ1v) is 11.9. The zero-order valence-corrected chi connectivity index (χ0v) is 16.9. The summed E-state index contributed by atoms with van der Waals surface area (Å²) in [6, 6.07) is 3.39. The minimum Gasteiger partial charge on any atom is -0.350 e. The molecule has 0 N–H and O–H groups in total. The first kappa shape index (κ1) is 19.3. The van der Waals surface area contributed by atoms with Crippen molar-refractivity contribution >= 4 is 27.3 Å². The number of rotatable bonds is 4. The molecule has 4 heterocycles. The Morgan fingerprint density at radius 3 is 2.30 bits per heavy atom. The number of nitrogens with zero attached hydrogens (tertiary/aromatic N) is 2. The molecule has 9 heteroatoms. The molecular formula is C18H26N2O5S2. The highest BCUT2D eigenvalue weighted by Gasteiger charge is 2.36. The van der Waals surface area contributed by atoms with Gasteiger partial charge in [0, 0.05) is 38.0 Å². The summed E-state index contributed by atoms with van der Waals surface area (Å²) in [4.78, 5) is 14.8. The molecule has 150 valence electrons. The van der Waals surface area contributed by atoms with Gasteiger partial charge in [0.2, 0.25) is 5.91 Å². The molecule has 0 saturated carbocycles. The maximum atomic E-state index is 12.9. The predicted molar refractivity (Wildman–Crippen MR) is 101 cm³/mol. The molecule has 1 amide bonds. The number of carbonyl (C=O) groups excluding carboxylic acids is 1. The van der Waals surface area contributed by atoms with E-state index in [1.165, 1.54) is 15.6 Å². The molecule has 3 fully saturated rings. The molecule has 0 aromatic carbocycles. The minimum atomic E-state index is -3.41. The predicted octanol–water partition coefficient (Wildman–Crippen LogP) is 1.76. The second-order valence-electron chi connectivity index (χ2n) is 7.38. The van der Waals surface area contributed by atoms with Crippen molar-refractivity contribution < 1.29 is 22.7 Å². The van der Waals surface area contributed by atoms with Crippen LogP contribution in [0.1, 0.15) is 25.7 Å². The fourth-order valence-corrected chi connectivity index (χ4v) is 6.79. The fraction of sp³-hybridized carbons (Fsp3) is 0.722. The quantitative estimate of drug-likeness (QED) is 0.750. The van der Waals surface area contributed by atoms with Gasteiger partial charge in [0.1, 0.15) is 4.21 Å². The third-order valence-corrected chi connectivity index (χ3v) is 9.05. The molecule has 7 nitrogen and oxygen atoms in total. The van der Waals surface area contributed by atoms with Gasteiger partial charge in [-0.2, -0.15) is 4.31 Å². The summed E-state index contributed by atoms with van der Waals surface area (Å²) >= 11 is 1.24. The summed E-state index contributed by atoms with van der Waals surface area (Å²) in [6.07, 6.45) is 2.90. The van der Waals surface area contributed by atoms with Gasteiger partial charge in [-0.25, -0.2) is 8.42 Å².